The van der Waals surface area contributed by atoms with E-state index in [4.69, 9.17) is 71.1 Å². The molecule has 0 heterocycles. The van der Waals surface area contributed by atoms with Crippen molar-refractivity contribution in [1.29, 1.82) is 0 Å². The van der Waals surface area contributed by atoms with E-state index >= 15 is 0 Å². The second-order valence-electron chi connectivity index (χ2n) is 22.0. The zero-order chi connectivity index (χ0) is 64.3. The Morgan fingerprint density at radius 2 is 0.562 bits per heavy atom. The number of carbonyl (C=O) groups is 4. The van der Waals surface area contributed by atoms with Gasteiger partial charge in [0.2, 0.25) is 5.91 Å². The molecular formula is C69H129NO19. The molecule has 20 nitrogen and oxygen atoms in total. The number of allylic oxidation sites excluding steroid dienone is 4. The molecule has 0 aliphatic carbocycles. The summed E-state index contributed by atoms with van der Waals surface area (Å²) in [5, 5.41) is 2.61. The molecule has 1 amide bonds. The van der Waals surface area contributed by atoms with E-state index in [1.807, 2.05) is 0 Å². The summed E-state index contributed by atoms with van der Waals surface area (Å²) < 4.78 is 81.5. The standard InChI is InChI=1S/C69H129NO19/c1-4-6-8-10-12-14-16-18-20-22-24-26-28-30-32-34-38-87-68(73)64-65(69(74)89-39-35-33-31-29-27-25-23-21-19-17-15-13-11-9-7-5-2)70-66(71)36-37-67(72)88-63-62-86-61-60-85-59-58-84-57-56-83-55-54-82-53-52-81-51-50-80-49-48-79-47-46-78-45-44-77-43-42-76-41-40-75-3/h18-21,65H,4-17,22-64H2,1-3H3,(H,70,71)/t65-/m0/s1. The van der Waals surface area contributed by atoms with Gasteiger partial charge in [-0.25, -0.2) is 4.79 Å². The zero-order valence-electron chi connectivity index (χ0n) is 56.4. The third-order valence-corrected chi connectivity index (χ3v) is 14.0. The Bertz CT molecular complexity index is 1540. The fourth-order valence-corrected chi connectivity index (χ4v) is 8.79. The van der Waals surface area contributed by atoms with Gasteiger partial charge in [0, 0.05) is 13.5 Å². The second kappa shape index (κ2) is 75.6. The largest absolute Gasteiger partial charge is 0.466 e. The van der Waals surface area contributed by atoms with Crippen molar-refractivity contribution in [2.45, 2.75) is 219 Å². The molecule has 20 heteroatoms. The van der Waals surface area contributed by atoms with Gasteiger partial charge in [-0.15, -0.1) is 0 Å². The summed E-state index contributed by atoms with van der Waals surface area (Å²) >= 11 is 0. The minimum absolute atomic E-state index is 0.00796. The number of unbranched alkanes of at least 4 members (excludes halogenated alkanes) is 24. The van der Waals surface area contributed by atoms with Gasteiger partial charge in [0.05, 0.1) is 178 Å². The number of nitrogens with one attached hydrogen (secondary N) is 1. The van der Waals surface area contributed by atoms with E-state index < -0.39 is 29.9 Å². The van der Waals surface area contributed by atoms with Gasteiger partial charge >= 0.3 is 17.9 Å². The predicted octanol–water partition coefficient (Wildman–Crippen LogP) is 12.2. The average molecular weight is 1280 g/mol. The predicted molar refractivity (Wildman–Crippen MR) is 348 cm³/mol. The van der Waals surface area contributed by atoms with Crippen LogP contribution in [0.15, 0.2) is 24.3 Å². The molecule has 0 saturated heterocycles. The molecule has 524 valence electrons. The number of carbonyl (C=O) groups excluding carboxylic acids is 4. The number of esters is 3. The second-order valence-corrected chi connectivity index (χ2v) is 22.0. The maximum Gasteiger partial charge on any atom is 0.329 e. The lowest BCUT2D eigenvalue weighted by Crippen LogP contribution is -2.43. The Morgan fingerprint density at radius 3 is 0.888 bits per heavy atom. The molecule has 1 N–H and O–H groups in total. The molecule has 0 saturated carbocycles. The highest BCUT2D eigenvalue weighted by Crippen LogP contribution is 2.13. The molecule has 0 fully saturated rings. The number of methoxy groups -OCH3 is 1. The van der Waals surface area contributed by atoms with Gasteiger partial charge < -0.3 is 76.4 Å². The normalized spacial score (nSPS) is 12.0. The summed E-state index contributed by atoms with van der Waals surface area (Å²) in [4.78, 5) is 51.5. The van der Waals surface area contributed by atoms with Crippen molar-refractivity contribution < 1.29 is 90.2 Å². The van der Waals surface area contributed by atoms with Crippen LogP contribution in [0.2, 0.25) is 0 Å². The van der Waals surface area contributed by atoms with Crippen LogP contribution in [0.5, 0.6) is 0 Å². The molecule has 0 spiro atoms. The van der Waals surface area contributed by atoms with Crippen LogP contribution >= 0.6 is 0 Å². The highest BCUT2D eigenvalue weighted by atomic mass is 16.6. The summed E-state index contributed by atoms with van der Waals surface area (Å²) in [6.07, 6.45) is 41.5. The van der Waals surface area contributed by atoms with Crippen molar-refractivity contribution in [3.8, 4) is 0 Å². The number of rotatable bonds is 75. The van der Waals surface area contributed by atoms with E-state index in [2.05, 4.69) is 43.5 Å². The Labute approximate surface area is 539 Å². The van der Waals surface area contributed by atoms with Crippen LogP contribution < -0.4 is 5.32 Å². The lowest BCUT2D eigenvalue weighted by atomic mass is 10.1. The summed E-state index contributed by atoms with van der Waals surface area (Å²) in [6.45, 7) is 15.4. The van der Waals surface area contributed by atoms with Gasteiger partial charge in [-0.2, -0.15) is 0 Å². The highest BCUT2D eigenvalue weighted by molar-refractivity contribution is 5.89. The Balaban J connectivity index is 4.12. The van der Waals surface area contributed by atoms with Crippen molar-refractivity contribution in [3.63, 3.8) is 0 Å². The van der Waals surface area contributed by atoms with Crippen LogP contribution in [0.1, 0.15) is 213 Å². The first-order valence-corrected chi connectivity index (χ1v) is 34.9. The topological polar surface area (TPSA) is 219 Å². The van der Waals surface area contributed by atoms with E-state index in [-0.39, 0.29) is 45.7 Å². The molecular weight excluding hydrogens is 1150 g/mol. The van der Waals surface area contributed by atoms with Crippen LogP contribution in [0.3, 0.4) is 0 Å². The van der Waals surface area contributed by atoms with Crippen LogP contribution in [0.4, 0.5) is 0 Å². The first-order valence-electron chi connectivity index (χ1n) is 34.9. The molecule has 0 aromatic carbocycles. The Morgan fingerprint density at radius 1 is 0.292 bits per heavy atom. The number of ether oxygens (including phenoxy) is 15. The van der Waals surface area contributed by atoms with Crippen molar-refractivity contribution in [2.24, 2.45) is 0 Å². The van der Waals surface area contributed by atoms with Gasteiger partial charge in [0.1, 0.15) is 12.6 Å². The maximum absolute atomic E-state index is 13.2. The molecule has 0 unspecified atom stereocenters. The quantitative estimate of drug-likeness (QED) is 0.0259. The minimum Gasteiger partial charge on any atom is -0.466 e. The van der Waals surface area contributed by atoms with E-state index in [9.17, 15) is 19.2 Å². The molecule has 0 aromatic rings. The van der Waals surface area contributed by atoms with Gasteiger partial charge in [-0.3, -0.25) is 14.4 Å². The highest BCUT2D eigenvalue weighted by Gasteiger charge is 2.26. The summed E-state index contributed by atoms with van der Waals surface area (Å²) in [6, 6.07) is -1.22. The number of hydrogen-bond donors (Lipinski definition) is 1. The van der Waals surface area contributed by atoms with Crippen LogP contribution in [0.25, 0.3) is 0 Å². The molecule has 0 aliphatic rings. The fraction of sp³-hybridized carbons (Fsp3) is 0.884. The van der Waals surface area contributed by atoms with Crippen molar-refractivity contribution in [1.82, 2.24) is 5.32 Å². The summed E-state index contributed by atoms with van der Waals surface area (Å²) in [5.74, 6) is -2.42. The minimum atomic E-state index is -1.22. The monoisotopic (exact) mass is 1280 g/mol. The Kier molecular flexibility index (Phi) is 72.9. The smallest absolute Gasteiger partial charge is 0.329 e. The van der Waals surface area contributed by atoms with Crippen molar-refractivity contribution in [2.75, 3.05) is 179 Å². The molecule has 0 rings (SSSR count). The summed E-state index contributed by atoms with van der Waals surface area (Å²) in [5.41, 5.74) is 0. The third-order valence-electron chi connectivity index (χ3n) is 14.0. The zero-order valence-corrected chi connectivity index (χ0v) is 56.4. The first-order chi connectivity index (χ1) is 43.9. The Hall–Kier alpha value is -3.12. The van der Waals surface area contributed by atoms with Gasteiger partial charge in [0.15, 0.2) is 0 Å². The molecule has 89 heavy (non-hydrogen) atoms. The lowest BCUT2D eigenvalue weighted by molar-refractivity contribution is -0.154. The van der Waals surface area contributed by atoms with Gasteiger partial charge in [-0.1, -0.05) is 154 Å². The van der Waals surface area contributed by atoms with Gasteiger partial charge in [0.25, 0.3) is 0 Å². The molecule has 0 radical (unpaired) electrons. The van der Waals surface area contributed by atoms with E-state index in [0.717, 1.165) is 57.8 Å². The van der Waals surface area contributed by atoms with E-state index in [0.29, 0.717) is 152 Å². The van der Waals surface area contributed by atoms with Gasteiger partial charge in [-0.05, 0) is 64.2 Å². The fourth-order valence-electron chi connectivity index (χ4n) is 8.79. The summed E-state index contributed by atoms with van der Waals surface area (Å²) in [7, 11) is 1.64. The molecule has 0 aliphatic heterocycles. The van der Waals surface area contributed by atoms with E-state index in [1.54, 1.807) is 7.11 Å². The number of hydrogen-bond acceptors (Lipinski definition) is 19. The number of amides is 1. The lowest BCUT2D eigenvalue weighted by Gasteiger charge is -2.17. The van der Waals surface area contributed by atoms with Crippen LogP contribution in [-0.4, -0.2) is 209 Å². The molecule has 0 aromatic heterocycles. The maximum atomic E-state index is 13.2. The molecule has 1 atom stereocenters. The van der Waals surface area contributed by atoms with Crippen molar-refractivity contribution >= 4 is 23.8 Å². The SMILES string of the molecule is CCCCCCCCC=CCCCCCCCCOC(=O)C[C@H](NC(=O)CCC(=O)OCCOCCOCCOCCOCCOCCOCCOCCOCCOCCOCCOCCOC)C(=O)OCCCCCCCCC=CCCCCCCCC. The first kappa shape index (κ1) is 85.9. The third kappa shape index (κ3) is 72.2. The van der Waals surface area contributed by atoms with Crippen LogP contribution in [0, 0.1) is 0 Å². The van der Waals surface area contributed by atoms with Crippen molar-refractivity contribution in [3.05, 3.63) is 24.3 Å². The van der Waals surface area contributed by atoms with Crippen LogP contribution in [-0.2, 0) is 90.2 Å². The molecule has 0 bridgehead atoms. The van der Waals surface area contributed by atoms with E-state index in [1.165, 1.54) is 116 Å². The average Bonchev–Trinajstić information content (AvgIpc) is 3.61.